The molecule has 0 saturated heterocycles. The van der Waals surface area contributed by atoms with Gasteiger partial charge in [0.2, 0.25) is 0 Å². The second-order valence-corrected chi connectivity index (χ2v) is 7.85. The highest BCUT2D eigenvalue weighted by atomic mass is 16.5. The van der Waals surface area contributed by atoms with E-state index in [0.717, 1.165) is 23.5 Å². The summed E-state index contributed by atoms with van der Waals surface area (Å²) in [4.78, 5) is 0. The Balaban J connectivity index is 1.61. The molecule has 2 saturated carbocycles. The first-order valence-electron chi connectivity index (χ1n) is 10.00. The van der Waals surface area contributed by atoms with Crippen molar-refractivity contribution in [3.8, 4) is 5.75 Å². The van der Waals surface area contributed by atoms with Gasteiger partial charge in [0.15, 0.2) is 0 Å². The Morgan fingerprint density at radius 1 is 0.826 bits per heavy atom. The number of ether oxygens (including phenoxy) is 1. The summed E-state index contributed by atoms with van der Waals surface area (Å²) in [5.41, 5.74) is 1.49. The minimum atomic E-state index is 0.977. The Kier molecular flexibility index (Phi) is 6.42. The molecule has 1 aromatic carbocycles. The van der Waals surface area contributed by atoms with Crippen molar-refractivity contribution in [3.05, 3.63) is 29.8 Å². The van der Waals surface area contributed by atoms with Crippen molar-refractivity contribution >= 4 is 0 Å². The summed E-state index contributed by atoms with van der Waals surface area (Å²) in [7, 11) is 1.75. The quantitative estimate of drug-likeness (QED) is 0.590. The van der Waals surface area contributed by atoms with Gasteiger partial charge in [-0.1, -0.05) is 76.3 Å². The molecular weight excluding hydrogens is 280 g/mol. The van der Waals surface area contributed by atoms with Gasteiger partial charge in [0.1, 0.15) is 5.75 Å². The summed E-state index contributed by atoms with van der Waals surface area (Å²) in [6, 6.07) is 8.76. The highest BCUT2D eigenvalue weighted by molar-refractivity contribution is 5.27. The van der Waals surface area contributed by atoms with Crippen LogP contribution in [0.3, 0.4) is 0 Å². The van der Waals surface area contributed by atoms with Crippen molar-refractivity contribution in [2.45, 2.75) is 77.0 Å². The van der Waals surface area contributed by atoms with Crippen molar-refractivity contribution in [2.24, 2.45) is 17.8 Å². The van der Waals surface area contributed by atoms with Gasteiger partial charge in [0, 0.05) is 0 Å². The Labute approximate surface area is 142 Å². The molecule has 0 amide bonds. The van der Waals surface area contributed by atoms with E-state index >= 15 is 0 Å². The van der Waals surface area contributed by atoms with Crippen LogP contribution in [-0.4, -0.2) is 7.11 Å². The van der Waals surface area contributed by atoms with E-state index in [-0.39, 0.29) is 0 Å². The van der Waals surface area contributed by atoms with Crippen LogP contribution < -0.4 is 4.74 Å². The summed E-state index contributed by atoms with van der Waals surface area (Å²) in [5, 5.41) is 0. The Morgan fingerprint density at radius 2 is 1.35 bits per heavy atom. The summed E-state index contributed by atoms with van der Waals surface area (Å²) in [5.74, 6) is 4.00. The molecule has 0 unspecified atom stereocenters. The van der Waals surface area contributed by atoms with Gasteiger partial charge in [-0.2, -0.15) is 0 Å². The molecule has 0 heterocycles. The van der Waals surface area contributed by atoms with Crippen LogP contribution in [0, 0.1) is 17.8 Å². The molecule has 0 atom stereocenters. The standard InChI is InChI=1S/C22H34O/c1-23-21-15-12-18(13-16-21)14-17-22(19-8-4-2-5-9-19)20-10-6-3-7-11-20/h12-13,15-16,19-20,22H,2-11,14,17H2,1H3. The van der Waals surface area contributed by atoms with E-state index in [0.29, 0.717) is 0 Å². The highest BCUT2D eigenvalue weighted by Gasteiger charge is 2.30. The van der Waals surface area contributed by atoms with Gasteiger partial charge < -0.3 is 4.74 Å². The molecule has 128 valence electrons. The number of aryl methyl sites for hydroxylation is 1. The molecule has 23 heavy (non-hydrogen) atoms. The maximum absolute atomic E-state index is 5.29. The van der Waals surface area contributed by atoms with Gasteiger partial charge in [0.25, 0.3) is 0 Å². The van der Waals surface area contributed by atoms with Crippen LogP contribution in [0.1, 0.15) is 76.2 Å². The number of benzene rings is 1. The lowest BCUT2D eigenvalue weighted by Crippen LogP contribution is -2.27. The van der Waals surface area contributed by atoms with Crippen LogP contribution in [0.25, 0.3) is 0 Å². The molecule has 1 nitrogen and oxygen atoms in total. The Hall–Kier alpha value is -0.980. The lowest BCUT2D eigenvalue weighted by molar-refractivity contribution is 0.135. The maximum atomic E-state index is 5.29. The lowest BCUT2D eigenvalue weighted by Gasteiger charge is -2.38. The molecule has 0 bridgehead atoms. The van der Waals surface area contributed by atoms with Crippen molar-refractivity contribution < 1.29 is 4.74 Å². The SMILES string of the molecule is COc1ccc(CCC(C2CCCCC2)C2CCCCC2)cc1. The zero-order valence-electron chi connectivity index (χ0n) is 14.9. The van der Waals surface area contributed by atoms with E-state index in [4.69, 9.17) is 4.74 Å². The Morgan fingerprint density at radius 3 is 1.83 bits per heavy atom. The van der Waals surface area contributed by atoms with Crippen LogP contribution >= 0.6 is 0 Å². The topological polar surface area (TPSA) is 9.23 Å². The van der Waals surface area contributed by atoms with Gasteiger partial charge in [-0.15, -0.1) is 0 Å². The predicted octanol–water partition coefficient (Wildman–Crippen LogP) is 6.40. The average Bonchev–Trinajstić information content (AvgIpc) is 2.64. The second-order valence-electron chi connectivity index (χ2n) is 7.85. The molecule has 2 fully saturated rings. The first-order valence-corrected chi connectivity index (χ1v) is 10.00. The second kappa shape index (κ2) is 8.76. The fraction of sp³-hybridized carbons (Fsp3) is 0.727. The first kappa shape index (κ1) is 16.9. The van der Waals surface area contributed by atoms with Gasteiger partial charge in [-0.05, 0) is 48.3 Å². The third-order valence-corrected chi connectivity index (χ3v) is 6.44. The molecule has 3 rings (SSSR count). The minimum absolute atomic E-state index is 0.977. The zero-order valence-corrected chi connectivity index (χ0v) is 14.9. The van der Waals surface area contributed by atoms with E-state index in [2.05, 4.69) is 24.3 Å². The summed E-state index contributed by atoms with van der Waals surface area (Å²) in [6.45, 7) is 0. The normalized spacial score (nSPS) is 20.8. The zero-order chi connectivity index (χ0) is 15.9. The molecule has 2 aliphatic carbocycles. The fourth-order valence-electron chi connectivity index (χ4n) is 5.11. The molecule has 0 N–H and O–H groups in total. The lowest BCUT2D eigenvalue weighted by atomic mass is 9.68. The van der Waals surface area contributed by atoms with Gasteiger partial charge in [-0.25, -0.2) is 0 Å². The number of rotatable bonds is 6. The Bertz CT molecular complexity index is 420. The predicted molar refractivity (Wildman–Crippen MR) is 98.0 cm³/mol. The van der Waals surface area contributed by atoms with E-state index in [1.165, 1.54) is 82.6 Å². The van der Waals surface area contributed by atoms with Crippen molar-refractivity contribution in [2.75, 3.05) is 7.11 Å². The summed E-state index contributed by atoms with van der Waals surface area (Å²) >= 11 is 0. The molecule has 0 aliphatic heterocycles. The van der Waals surface area contributed by atoms with Crippen LogP contribution in [0.15, 0.2) is 24.3 Å². The molecular formula is C22H34O. The third-order valence-electron chi connectivity index (χ3n) is 6.44. The van der Waals surface area contributed by atoms with E-state index in [1.807, 2.05) is 0 Å². The summed E-state index contributed by atoms with van der Waals surface area (Å²) in [6.07, 6.45) is 17.6. The van der Waals surface area contributed by atoms with Crippen molar-refractivity contribution in [1.82, 2.24) is 0 Å². The van der Waals surface area contributed by atoms with Crippen LogP contribution in [0.5, 0.6) is 5.75 Å². The largest absolute Gasteiger partial charge is 0.497 e. The van der Waals surface area contributed by atoms with Crippen molar-refractivity contribution in [3.63, 3.8) is 0 Å². The molecule has 2 aliphatic rings. The van der Waals surface area contributed by atoms with E-state index in [9.17, 15) is 0 Å². The fourth-order valence-corrected chi connectivity index (χ4v) is 5.11. The van der Waals surface area contributed by atoms with E-state index in [1.54, 1.807) is 7.11 Å². The van der Waals surface area contributed by atoms with Crippen molar-refractivity contribution in [1.29, 1.82) is 0 Å². The van der Waals surface area contributed by atoms with Gasteiger partial charge in [-0.3, -0.25) is 0 Å². The van der Waals surface area contributed by atoms with Gasteiger partial charge in [0.05, 0.1) is 7.11 Å². The van der Waals surface area contributed by atoms with Crippen LogP contribution in [0.2, 0.25) is 0 Å². The van der Waals surface area contributed by atoms with E-state index < -0.39 is 0 Å². The third kappa shape index (κ3) is 4.75. The van der Waals surface area contributed by atoms with Gasteiger partial charge >= 0.3 is 0 Å². The molecule has 0 radical (unpaired) electrons. The van der Waals surface area contributed by atoms with Crippen LogP contribution in [0.4, 0.5) is 0 Å². The first-order chi connectivity index (χ1) is 11.4. The molecule has 0 spiro atoms. The molecule has 1 aromatic rings. The maximum Gasteiger partial charge on any atom is 0.118 e. The summed E-state index contributed by atoms with van der Waals surface area (Å²) < 4.78 is 5.29. The highest BCUT2D eigenvalue weighted by Crippen LogP contribution is 2.42. The monoisotopic (exact) mass is 314 g/mol. The smallest absolute Gasteiger partial charge is 0.118 e. The number of hydrogen-bond acceptors (Lipinski definition) is 1. The average molecular weight is 315 g/mol. The van der Waals surface area contributed by atoms with Crippen LogP contribution in [-0.2, 0) is 6.42 Å². The minimum Gasteiger partial charge on any atom is -0.497 e. The number of methoxy groups -OCH3 is 1. The molecule has 1 heteroatoms. The molecule has 0 aromatic heterocycles. The number of hydrogen-bond donors (Lipinski definition) is 0.